The molecule has 4 nitrogen and oxygen atoms in total. The van der Waals surface area contributed by atoms with Crippen LogP contribution in [-0.4, -0.2) is 26.0 Å². The van der Waals surface area contributed by atoms with Crippen molar-refractivity contribution >= 4 is 23.5 Å². The first kappa shape index (κ1) is 18.7. The standard InChI is InChI=1S/C15H24BrO4P/c1-5-19-21(17,20-6-2)9-7-8-18-14-10-12(3)15(16)13(4)11-14/h10-11H,5-9H2,1-4H3. The van der Waals surface area contributed by atoms with Crippen molar-refractivity contribution in [3.05, 3.63) is 27.7 Å². The number of rotatable bonds is 9. The van der Waals surface area contributed by atoms with Crippen LogP contribution in [0.3, 0.4) is 0 Å². The Bertz CT molecular complexity index is 471. The molecule has 0 amide bonds. The molecule has 0 bridgehead atoms. The van der Waals surface area contributed by atoms with Crippen LogP contribution in [0.25, 0.3) is 0 Å². The number of hydrogen-bond acceptors (Lipinski definition) is 4. The Morgan fingerprint density at radius 3 is 2.10 bits per heavy atom. The van der Waals surface area contributed by atoms with E-state index in [1.165, 1.54) is 0 Å². The third-order valence-corrected chi connectivity index (χ3v) is 6.32. The fourth-order valence-corrected chi connectivity index (χ4v) is 3.86. The monoisotopic (exact) mass is 378 g/mol. The minimum Gasteiger partial charge on any atom is -0.494 e. The smallest absolute Gasteiger partial charge is 0.330 e. The van der Waals surface area contributed by atoms with Crippen LogP contribution in [0.4, 0.5) is 0 Å². The second-order valence-electron chi connectivity index (χ2n) is 4.74. The van der Waals surface area contributed by atoms with E-state index in [4.69, 9.17) is 13.8 Å². The number of ether oxygens (including phenoxy) is 1. The SMILES string of the molecule is CCOP(=O)(CCCOc1cc(C)c(Br)c(C)c1)OCC. The summed E-state index contributed by atoms with van der Waals surface area (Å²) in [7, 11) is -2.96. The molecule has 0 N–H and O–H groups in total. The lowest BCUT2D eigenvalue weighted by Crippen LogP contribution is -2.05. The summed E-state index contributed by atoms with van der Waals surface area (Å²) in [5.41, 5.74) is 2.28. The van der Waals surface area contributed by atoms with E-state index >= 15 is 0 Å². The predicted octanol–water partition coefficient (Wildman–Crippen LogP) is 5.10. The van der Waals surface area contributed by atoms with Crippen LogP contribution in [0.2, 0.25) is 0 Å². The van der Waals surface area contributed by atoms with Gasteiger partial charge in [-0.15, -0.1) is 0 Å². The maximum atomic E-state index is 12.3. The quantitative estimate of drug-likeness (QED) is 0.442. The molecule has 0 aliphatic heterocycles. The van der Waals surface area contributed by atoms with Gasteiger partial charge in [-0.2, -0.15) is 0 Å². The molecule has 0 aromatic heterocycles. The third-order valence-electron chi connectivity index (χ3n) is 2.91. The van der Waals surface area contributed by atoms with Crippen molar-refractivity contribution in [3.8, 4) is 5.75 Å². The summed E-state index contributed by atoms with van der Waals surface area (Å²) in [6.07, 6.45) is 1.01. The lowest BCUT2D eigenvalue weighted by molar-refractivity contribution is 0.216. The van der Waals surface area contributed by atoms with Gasteiger partial charge in [-0.05, 0) is 57.4 Å². The van der Waals surface area contributed by atoms with Gasteiger partial charge in [0.25, 0.3) is 0 Å². The number of aryl methyl sites for hydroxylation is 2. The molecule has 1 aromatic rings. The highest BCUT2D eigenvalue weighted by Crippen LogP contribution is 2.48. The topological polar surface area (TPSA) is 44.8 Å². The zero-order valence-corrected chi connectivity index (χ0v) is 15.6. The van der Waals surface area contributed by atoms with Gasteiger partial charge in [0.15, 0.2) is 0 Å². The highest BCUT2D eigenvalue weighted by atomic mass is 79.9. The van der Waals surface area contributed by atoms with E-state index in [-0.39, 0.29) is 0 Å². The highest BCUT2D eigenvalue weighted by Gasteiger charge is 2.22. The molecular formula is C15H24BrO4P. The average Bonchev–Trinajstić information content (AvgIpc) is 2.41. The van der Waals surface area contributed by atoms with Crippen molar-refractivity contribution in [2.24, 2.45) is 0 Å². The molecule has 0 saturated heterocycles. The molecule has 0 heterocycles. The maximum Gasteiger partial charge on any atom is 0.330 e. The molecule has 0 aliphatic rings. The molecule has 0 saturated carbocycles. The summed E-state index contributed by atoms with van der Waals surface area (Å²) < 4.78 is 29.6. The molecule has 21 heavy (non-hydrogen) atoms. The van der Waals surface area contributed by atoms with Gasteiger partial charge in [-0.1, -0.05) is 15.9 Å². The molecule has 120 valence electrons. The largest absolute Gasteiger partial charge is 0.494 e. The fraction of sp³-hybridized carbons (Fsp3) is 0.600. The zero-order valence-electron chi connectivity index (χ0n) is 13.1. The van der Waals surface area contributed by atoms with E-state index in [0.717, 1.165) is 21.3 Å². The second-order valence-corrected chi connectivity index (χ2v) is 7.72. The summed E-state index contributed by atoms with van der Waals surface area (Å²) in [6.45, 7) is 8.97. The van der Waals surface area contributed by atoms with Crippen LogP contribution < -0.4 is 4.74 Å². The Kier molecular flexibility index (Phi) is 7.96. The molecular weight excluding hydrogens is 355 g/mol. The van der Waals surface area contributed by atoms with Gasteiger partial charge < -0.3 is 13.8 Å². The molecule has 0 aliphatic carbocycles. The van der Waals surface area contributed by atoms with Gasteiger partial charge in [0.1, 0.15) is 5.75 Å². The number of hydrogen-bond donors (Lipinski definition) is 0. The van der Waals surface area contributed by atoms with Crippen LogP contribution in [0.1, 0.15) is 31.4 Å². The van der Waals surface area contributed by atoms with E-state index in [2.05, 4.69) is 15.9 Å². The van der Waals surface area contributed by atoms with Crippen LogP contribution in [0.5, 0.6) is 5.75 Å². The van der Waals surface area contributed by atoms with Crippen molar-refractivity contribution < 1.29 is 18.3 Å². The minimum absolute atomic E-state index is 0.378. The number of benzene rings is 1. The molecule has 0 unspecified atom stereocenters. The normalized spacial score (nSPS) is 11.7. The van der Waals surface area contributed by atoms with Crippen molar-refractivity contribution in [1.29, 1.82) is 0 Å². The van der Waals surface area contributed by atoms with Crippen LogP contribution in [-0.2, 0) is 13.6 Å². The zero-order chi connectivity index (χ0) is 15.9. The summed E-state index contributed by atoms with van der Waals surface area (Å²) in [4.78, 5) is 0. The van der Waals surface area contributed by atoms with Gasteiger partial charge >= 0.3 is 7.60 Å². The molecule has 0 fully saturated rings. The van der Waals surface area contributed by atoms with Crippen LogP contribution in [0.15, 0.2) is 16.6 Å². The summed E-state index contributed by atoms with van der Waals surface area (Å²) >= 11 is 3.53. The van der Waals surface area contributed by atoms with Gasteiger partial charge in [0, 0.05) is 4.47 Å². The lowest BCUT2D eigenvalue weighted by atomic mass is 10.1. The van der Waals surface area contributed by atoms with E-state index in [0.29, 0.717) is 32.4 Å². The summed E-state index contributed by atoms with van der Waals surface area (Å²) in [6, 6.07) is 3.98. The minimum atomic E-state index is -2.96. The van der Waals surface area contributed by atoms with Gasteiger partial charge in [0.2, 0.25) is 0 Å². The van der Waals surface area contributed by atoms with Crippen molar-refractivity contribution in [3.63, 3.8) is 0 Å². The Morgan fingerprint density at radius 2 is 1.62 bits per heavy atom. The Morgan fingerprint density at radius 1 is 1.10 bits per heavy atom. The molecule has 1 aromatic carbocycles. The van der Waals surface area contributed by atoms with Crippen LogP contribution >= 0.6 is 23.5 Å². The van der Waals surface area contributed by atoms with Crippen molar-refractivity contribution in [2.45, 2.75) is 34.1 Å². The second kappa shape index (κ2) is 8.94. The first-order valence-electron chi connectivity index (χ1n) is 7.19. The number of halogens is 1. The first-order valence-corrected chi connectivity index (χ1v) is 9.71. The molecule has 1 rings (SSSR count). The van der Waals surface area contributed by atoms with E-state index < -0.39 is 7.60 Å². The van der Waals surface area contributed by atoms with Crippen molar-refractivity contribution in [2.75, 3.05) is 26.0 Å². The molecule has 0 radical (unpaired) electrons. The Labute approximate surface area is 135 Å². The first-order chi connectivity index (χ1) is 9.91. The summed E-state index contributed by atoms with van der Waals surface area (Å²) in [5, 5.41) is 0. The Hall–Kier alpha value is -0.350. The van der Waals surface area contributed by atoms with E-state index in [1.54, 1.807) is 0 Å². The molecule has 0 atom stereocenters. The fourth-order valence-electron chi connectivity index (χ4n) is 2.00. The molecule has 0 spiro atoms. The maximum absolute atomic E-state index is 12.3. The van der Waals surface area contributed by atoms with E-state index in [1.807, 2.05) is 39.8 Å². The van der Waals surface area contributed by atoms with E-state index in [9.17, 15) is 4.57 Å². The van der Waals surface area contributed by atoms with Gasteiger partial charge in [-0.3, -0.25) is 4.57 Å². The van der Waals surface area contributed by atoms with Gasteiger partial charge in [0.05, 0.1) is 26.0 Å². The average molecular weight is 379 g/mol. The predicted molar refractivity (Wildman–Crippen MR) is 89.5 cm³/mol. The third kappa shape index (κ3) is 6.11. The van der Waals surface area contributed by atoms with Gasteiger partial charge in [-0.25, -0.2) is 0 Å². The molecule has 6 heteroatoms. The summed E-state index contributed by atoms with van der Waals surface area (Å²) in [5.74, 6) is 0.829. The lowest BCUT2D eigenvalue weighted by Gasteiger charge is -2.17. The van der Waals surface area contributed by atoms with Crippen LogP contribution in [0, 0.1) is 13.8 Å². The Balaban J connectivity index is 2.48. The highest BCUT2D eigenvalue weighted by molar-refractivity contribution is 9.10. The van der Waals surface area contributed by atoms with Crippen molar-refractivity contribution in [1.82, 2.24) is 0 Å².